The molecule has 3 aromatic carbocycles. The third-order valence-electron chi connectivity index (χ3n) is 5.57. The summed E-state index contributed by atoms with van der Waals surface area (Å²) in [7, 11) is 0. The van der Waals surface area contributed by atoms with E-state index in [9.17, 15) is 5.11 Å². The van der Waals surface area contributed by atoms with Crippen molar-refractivity contribution in [3.63, 3.8) is 0 Å². The maximum absolute atomic E-state index is 11.4. The molecule has 0 amide bonds. The predicted octanol–water partition coefficient (Wildman–Crippen LogP) is 6.98. The van der Waals surface area contributed by atoms with Crippen LogP contribution in [0.15, 0.2) is 54.6 Å². The van der Waals surface area contributed by atoms with Crippen molar-refractivity contribution in [3.05, 3.63) is 76.9 Å². The highest BCUT2D eigenvalue weighted by molar-refractivity contribution is 5.86. The van der Waals surface area contributed by atoms with Crippen LogP contribution in [0.25, 0.3) is 22.3 Å². The highest BCUT2D eigenvalue weighted by atomic mass is 16.3. The minimum Gasteiger partial charge on any atom is -0.507 e. The number of rotatable bonds is 6. The molecule has 0 aliphatic rings. The highest BCUT2D eigenvalue weighted by Gasteiger charge is 2.18. The van der Waals surface area contributed by atoms with Crippen molar-refractivity contribution in [1.29, 1.82) is 0 Å². The summed E-state index contributed by atoms with van der Waals surface area (Å²) in [5.41, 5.74) is 9.48. The second-order valence-corrected chi connectivity index (χ2v) is 7.02. The summed E-state index contributed by atoms with van der Waals surface area (Å²) in [5, 5.41) is 11.4. The summed E-state index contributed by atoms with van der Waals surface area (Å²) >= 11 is 0. The van der Waals surface area contributed by atoms with E-state index in [0.717, 1.165) is 36.8 Å². The van der Waals surface area contributed by atoms with E-state index in [1.54, 1.807) is 0 Å². The molecule has 0 atom stereocenters. The average molecular weight is 359 g/mol. The Morgan fingerprint density at radius 3 is 1.11 bits per heavy atom. The smallest absolute Gasteiger partial charge is 0.131 e. The van der Waals surface area contributed by atoms with Crippen LogP contribution in [0.5, 0.6) is 5.75 Å². The zero-order valence-corrected chi connectivity index (χ0v) is 17.0. The summed E-state index contributed by atoms with van der Waals surface area (Å²) in [4.78, 5) is 0. The molecule has 0 heterocycles. The zero-order valence-electron chi connectivity index (χ0n) is 17.0. The van der Waals surface area contributed by atoms with Crippen LogP contribution in [0.2, 0.25) is 0 Å². The molecule has 3 rings (SSSR count). The summed E-state index contributed by atoms with van der Waals surface area (Å²) in [6.45, 7) is 8.73. The van der Waals surface area contributed by atoms with Crippen LogP contribution in [0.1, 0.15) is 49.9 Å². The second kappa shape index (κ2) is 8.43. The van der Waals surface area contributed by atoms with E-state index in [2.05, 4.69) is 82.3 Å². The number of benzene rings is 3. The molecule has 1 heteroatoms. The number of aryl methyl sites for hydroxylation is 4. The monoisotopic (exact) mass is 358 g/mol. The summed E-state index contributed by atoms with van der Waals surface area (Å²) in [6.07, 6.45) is 3.83. The van der Waals surface area contributed by atoms with Crippen LogP contribution in [0.4, 0.5) is 0 Å². The molecule has 3 aromatic rings. The Morgan fingerprint density at radius 2 is 0.815 bits per heavy atom. The number of phenols is 1. The standard InChI is InChI=1S/C26H30O/c1-5-18-12-9-13-19(6-2)24(18)22-16-11-17-23(26(22)27)25-20(7-3)14-10-15-21(25)8-4/h9-17,27H,5-8H2,1-4H3. The Hall–Kier alpha value is -2.54. The highest BCUT2D eigenvalue weighted by Crippen LogP contribution is 2.43. The van der Waals surface area contributed by atoms with Crippen molar-refractivity contribution >= 4 is 0 Å². The molecule has 0 aromatic heterocycles. The maximum atomic E-state index is 11.4. The summed E-state index contributed by atoms with van der Waals surface area (Å²) in [5.74, 6) is 0.406. The molecule has 0 fully saturated rings. The molecule has 0 spiro atoms. The lowest BCUT2D eigenvalue weighted by Crippen LogP contribution is -1.98. The minimum absolute atomic E-state index is 0.406. The fraction of sp³-hybridized carbons (Fsp3) is 0.308. The van der Waals surface area contributed by atoms with Gasteiger partial charge in [-0.3, -0.25) is 0 Å². The fourth-order valence-electron chi connectivity index (χ4n) is 4.12. The van der Waals surface area contributed by atoms with Crippen molar-refractivity contribution in [2.75, 3.05) is 0 Å². The Kier molecular flexibility index (Phi) is 6.01. The largest absolute Gasteiger partial charge is 0.507 e. The van der Waals surface area contributed by atoms with Crippen LogP contribution >= 0.6 is 0 Å². The van der Waals surface area contributed by atoms with Gasteiger partial charge in [0.15, 0.2) is 0 Å². The molecule has 0 radical (unpaired) electrons. The Labute approximate surface area is 163 Å². The molecular weight excluding hydrogens is 328 g/mol. The lowest BCUT2D eigenvalue weighted by atomic mass is 9.86. The number of hydrogen-bond acceptors (Lipinski definition) is 1. The van der Waals surface area contributed by atoms with Gasteiger partial charge >= 0.3 is 0 Å². The molecule has 0 unspecified atom stereocenters. The summed E-state index contributed by atoms with van der Waals surface area (Å²) < 4.78 is 0. The maximum Gasteiger partial charge on any atom is 0.131 e. The lowest BCUT2D eigenvalue weighted by Gasteiger charge is -2.19. The van der Waals surface area contributed by atoms with E-state index in [-0.39, 0.29) is 0 Å². The SMILES string of the molecule is CCc1cccc(CC)c1-c1cccc(-c2c(CC)cccc2CC)c1O. The van der Waals surface area contributed by atoms with Crippen LogP contribution in [0, 0.1) is 0 Å². The zero-order chi connectivity index (χ0) is 19.4. The first-order valence-corrected chi connectivity index (χ1v) is 10.2. The number of aromatic hydroxyl groups is 1. The van der Waals surface area contributed by atoms with Gasteiger partial charge < -0.3 is 5.11 Å². The van der Waals surface area contributed by atoms with E-state index in [0.29, 0.717) is 5.75 Å². The number of para-hydroxylation sites is 1. The topological polar surface area (TPSA) is 20.2 Å². The van der Waals surface area contributed by atoms with E-state index in [1.807, 2.05) is 0 Å². The van der Waals surface area contributed by atoms with Crippen LogP contribution in [-0.2, 0) is 25.7 Å². The molecule has 0 saturated carbocycles. The predicted molar refractivity (Wildman–Crippen MR) is 116 cm³/mol. The van der Waals surface area contributed by atoms with Crippen molar-refractivity contribution in [1.82, 2.24) is 0 Å². The molecule has 1 nitrogen and oxygen atoms in total. The van der Waals surface area contributed by atoms with Crippen molar-refractivity contribution in [3.8, 4) is 28.0 Å². The fourth-order valence-corrected chi connectivity index (χ4v) is 4.12. The van der Waals surface area contributed by atoms with Gasteiger partial charge in [0.2, 0.25) is 0 Å². The first kappa shape index (κ1) is 19.2. The van der Waals surface area contributed by atoms with Gasteiger partial charge in [-0.2, -0.15) is 0 Å². The van der Waals surface area contributed by atoms with E-state index in [4.69, 9.17) is 0 Å². The van der Waals surface area contributed by atoms with Gasteiger partial charge in [0.1, 0.15) is 5.75 Å². The Balaban J connectivity index is 2.30. The van der Waals surface area contributed by atoms with Gasteiger partial charge in [-0.1, -0.05) is 82.3 Å². The van der Waals surface area contributed by atoms with E-state index < -0.39 is 0 Å². The van der Waals surface area contributed by atoms with Gasteiger partial charge in [-0.25, -0.2) is 0 Å². The second-order valence-electron chi connectivity index (χ2n) is 7.02. The number of phenolic OH excluding ortho intramolecular Hbond substituents is 1. The molecule has 0 aliphatic heterocycles. The molecule has 140 valence electrons. The molecule has 27 heavy (non-hydrogen) atoms. The molecule has 1 N–H and O–H groups in total. The van der Waals surface area contributed by atoms with E-state index >= 15 is 0 Å². The van der Waals surface area contributed by atoms with Crippen molar-refractivity contribution in [2.45, 2.75) is 53.4 Å². The molecule has 0 saturated heterocycles. The van der Waals surface area contributed by atoms with E-state index in [1.165, 1.54) is 33.4 Å². The van der Waals surface area contributed by atoms with Gasteiger partial charge in [-0.15, -0.1) is 0 Å². The van der Waals surface area contributed by atoms with Crippen molar-refractivity contribution in [2.24, 2.45) is 0 Å². The molecular formula is C26H30O. The summed E-state index contributed by atoms with van der Waals surface area (Å²) in [6, 6.07) is 19.2. The van der Waals surface area contributed by atoms with Crippen LogP contribution in [-0.4, -0.2) is 5.11 Å². The first-order chi connectivity index (χ1) is 13.2. The van der Waals surface area contributed by atoms with Crippen LogP contribution in [0.3, 0.4) is 0 Å². The number of hydrogen-bond donors (Lipinski definition) is 1. The quantitative estimate of drug-likeness (QED) is 0.504. The Morgan fingerprint density at radius 1 is 0.519 bits per heavy atom. The molecule has 0 bridgehead atoms. The first-order valence-electron chi connectivity index (χ1n) is 10.2. The average Bonchev–Trinajstić information content (AvgIpc) is 2.72. The van der Waals surface area contributed by atoms with Gasteiger partial charge in [0, 0.05) is 11.1 Å². The third-order valence-corrected chi connectivity index (χ3v) is 5.57. The lowest BCUT2D eigenvalue weighted by molar-refractivity contribution is 0.479. The van der Waals surface area contributed by atoms with Crippen molar-refractivity contribution < 1.29 is 5.11 Å². The minimum atomic E-state index is 0.406. The molecule has 0 aliphatic carbocycles. The normalized spacial score (nSPS) is 11.0. The third kappa shape index (κ3) is 3.51. The van der Waals surface area contributed by atoms with Gasteiger partial charge in [-0.05, 0) is 59.1 Å². The van der Waals surface area contributed by atoms with Crippen LogP contribution < -0.4 is 0 Å². The van der Waals surface area contributed by atoms with Gasteiger partial charge in [0.05, 0.1) is 0 Å². The Bertz CT molecular complexity index is 819. The van der Waals surface area contributed by atoms with Gasteiger partial charge in [0.25, 0.3) is 0 Å².